The number of carbonyl (C=O) groups excluding carboxylic acids is 1. The minimum absolute atomic E-state index is 0.282. The smallest absolute Gasteiger partial charge is 0.236 e. The topological polar surface area (TPSA) is 50.6 Å². The number of likely N-dealkylation sites (tertiary alicyclic amines) is 1. The van der Waals surface area contributed by atoms with Gasteiger partial charge in [0.25, 0.3) is 0 Å². The molecule has 0 N–H and O–H groups in total. The van der Waals surface area contributed by atoms with E-state index in [0.717, 1.165) is 52.1 Å². The Bertz CT molecular complexity index is 386. The minimum Gasteiger partial charge on any atom is -0.342 e. The van der Waals surface area contributed by atoms with Crippen molar-refractivity contribution in [1.29, 1.82) is 5.26 Å². The second-order valence-corrected chi connectivity index (χ2v) is 6.73. The number of nitriles is 1. The van der Waals surface area contributed by atoms with E-state index in [2.05, 4.69) is 15.9 Å². The molecule has 21 heavy (non-hydrogen) atoms. The lowest BCUT2D eigenvalue weighted by Gasteiger charge is -2.40. The Kier molecular flexibility index (Phi) is 5.60. The van der Waals surface area contributed by atoms with Crippen molar-refractivity contribution in [3.8, 4) is 6.07 Å². The molecule has 2 aliphatic heterocycles. The molecule has 0 unspecified atom stereocenters. The highest BCUT2D eigenvalue weighted by Gasteiger charge is 2.30. The lowest BCUT2D eigenvalue weighted by Crippen LogP contribution is -2.55. The van der Waals surface area contributed by atoms with Crippen LogP contribution in [-0.2, 0) is 4.79 Å². The summed E-state index contributed by atoms with van der Waals surface area (Å²) >= 11 is 0. The van der Waals surface area contributed by atoms with Gasteiger partial charge in [-0.1, -0.05) is 12.8 Å². The first-order chi connectivity index (χ1) is 10.0. The molecule has 0 aromatic carbocycles. The van der Waals surface area contributed by atoms with Crippen LogP contribution in [-0.4, -0.2) is 72.0 Å². The summed E-state index contributed by atoms with van der Waals surface area (Å²) in [5.41, 5.74) is -0.402. The van der Waals surface area contributed by atoms with Crippen LogP contribution in [0.3, 0.4) is 0 Å². The van der Waals surface area contributed by atoms with E-state index in [0.29, 0.717) is 6.54 Å². The molecule has 0 aliphatic carbocycles. The van der Waals surface area contributed by atoms with E-state index in [4.69, 9.17) is 0 Å². The molecule has 2 aliphatic rings. The molecule has 0 bridgehead atoms. The van der Waals surface area contributed by atoms with Gasteiger partial charge in [0, 0.05) is 39.3 Å². The highest BCUT2D eigenvalue weighted by atomic mass is 16.2. The molecule has 5 nitrogen and oxygen atoms in total. The molecule has 2 rings (SSSR count). The number of nitrogens with zero attached hydrogens (tertiary/aromatic N) is 4. The third-order valence-corrected chi connectivity index (χ3v) is 4.75. The zero-order valence-electron chi connectivity index (χ0n) is 13.5. The molecule has 0 radical (unpaired) electrons. The Balaban J connectivity index is 1.78. The van der Waals surface area contributed by atoms with Gasteiger partial charge in [-0.3, -0.25) is 14.6 Å². The van der Waals surface area contributed by atoms with Crippen molar-refractivity contribution in [2.24, 2.45) is 0 Å². The second kappa shape index (κ2) is 7.24. The fraction of sp³-hybridized carbons (Fsp3) is 0.875. The predicted octanol–water partition coefficient (Wildman–Crippen LogP) is 1.31. The third-order valence-electron chi connectivity index (χ3n) is 4.75. The van der Waals surface area contributed by atoms with Gasteiger partial charge >= 0.3 is 0 Å². The van der Waals surface area contributed by atoms with Crippen molar-refractivity contribution in [2.75, 3.05) is 45.8 Å². The van der Waals surface area contributed by atoms with Crippen LogP contribution >= 0.6 is 0 Å². The van der Waals surface area contributed by atoms with Crippen molar-refractivity contribution >= 4 is 5.91 Å². The molecule has 2 saturated heterocycles. The van der Waals surface area contributed by atoms with Crippen molar-refractivity contribution < 1.29 is 4.79 Å². The third kappa shape index (κ3) is 4.42. The SMILES string of the molecule is CC(C)(C#N)N1CCN(CC(=O)N2CCCCCC2)CC1. The second-order valence-electron chi connectivity index (χ2n) is 6.73. The van der Waals surface area contributed by atoms with Gasteiger partial charge in [-0.15, -0.1) is 0 Å². The van der Waals surface area contributed by atoms with Gasteiger partial charge in [0.05, 0.1) is 12.6 Å². The van der Waals surface area contributed by atoms with E-state index in [1.807, 2.05) is 18.7 Å². The van der Waals surface area contributed by atoms with Crippen LogP contribution in [0.25, 0.3) is 0 Å². The fourth-order valence-electron chi connectivity index (χ4n) is 3.15. The quantitative estimate of drug-likeness (QED) is 0.787. The van der Waals surface area contributed by atoms with Crippen LogP contribution in [0, 0.1) is 11.3 Å². The summed E-state index contributed by atoms with van der Waals surface area (Å²) < 4.78 is 0. The Hall–Kier alpha value is -1.12. The molecule has 1 amide bonds. The Morgan fingerprint density at radius 3 is 2.10 bits per heavy atom. The molecule has 118 valence electrons. The lowest BCUT2D eigenvalue weighted by molar-refractivity contribution is -0.132. The van der Waals surface area contributed by atoms with Gasteiger partial charge in [0.2, 0.25) is 5.91 Å². The Morgan fingerprint density at radius 1 is 1.00 bits per heavy atom. The van der Waals surface area contributed by atoms with Gasteiger partial charge in [0.1, 0.15) is 5.54 Å². The molecule has 0 atom stereocenters. The van der Waals surface area contributed by atoms with E-state index < -0.39 is 5.54 Å². The first kappa shape index (κ1) is 16.3. The maximum Gasteiger partial charge on any atom is 0.236 e. The average molecular weight is 292 g/mol. The van der Waals surface area contributed by atoms with Gasteiger partial charge in [0.15, 0.2) is 0 Å². The monoisotopic (exact) mass is 292 g/mol. The molecule has 0 aromatic heterocycles. The van der Waals surface area contributed by atoms with Gasteiger partial charge in [-0.05, 0) is 26.7 Å². The average Bonchev–Trinajstić information content (AvgIpc) is 2.77. The van der Waals surface area contributed by atoms with Gasteiger partial charge in [-0.25, -0.2) is 0 Å². The number of amides is 1. The summed E-state index contributed by atoms with van der Waals surface area (Å²) in [4.78, 5) is 18.9. The number of carbonyl (C=O) groups is 1. The highest BCUT2D eigenvalue weighted by Crippen LogP contribution is 2.16. The molecule has 0 aromatic rings. The molecule has 5 heteroatoms. The number of hydrogen-bond acceptors (Lipinski definition) is 4. The summed E-state index contributed by atoms with van der Waals surface area (Å²) in [5, 5.41) is 9.19. The first-order valence-corrected chi connectivity index (χ1v) is 8.19. The van der Waals surface area contributed by atoms with Crippen LogP contribution in [0.2, 0.25) is 0 Å². The van der Waals surface area contributed by atoms with E-state index in [1.54, 1.807) is 0 Å². The lowest BCUT2D eigenvalue weighted by atomic mass is 10.0. The first-order valence-electron chi connectivity index (χ1n) is 8.19. The molecule has 0 spiro atoms. The summed E-state index contributed by atoms with van der Waals surface area (Å²) in [6.07, 6.45) is 4.81. The summed E-state index contributed by atoms with van der Waals surface area (Å²) in [6, 6.07) is 2.36. The summed E-state index contributed by atoms with van der Waals surface area (Å²) in [6.45, 7) is 9.83. The molecule has 2 fully saturated rings. The van der Waals surface area contributed by atoms with Crippen LogP contribution < -0.4 is 0 Å². The normalized spacial score (nSPS) is 22.6. The zero-order valence-corrected chi connectivity index (χ0v) is 13.5. The van der Waals surface area contributed by atoms with Crippen molar-refractivity contribution in [3.05, 3.63) is 0 Å². The van der Waals surface area contributed by atoms with Crippen molar-refractivity contribution in [1.82, 2.24) is 14.7 Å². The van der Waals surface area contributed by atoms with Crippen molar-refractivity contribution in [3.63, 3.8) is 0 Å². The largest absolute Gasteiger partial charge is 0.342 e. The number of hydrogen-bond donors (Lipinski definition) is 0. The zero-order chi connectivity index (χ0) is 15.3. The van der Waals surface area contributed by atoms with E-state index >= 15 is 0 Å². The fourth-order valence-corrected chi connectivity index (χ4v) is 3.15. The van der Waals surface area contributed by atoms with Gasteiger partial charge < -0.3 is 4.90 Å². The number of piperazine rings is 1. The van der Waals surface area contributed by atoms with Gasteiger partial charge in [-0.2, -0.15) is 5.26 Å². The van der Waals surface area contributed by atoms with Crippen LogP contribution in [0.5, 0.6) is 0 Å². The molecular weight excluding hydrogens is 264 g/mol. The van der Waals surface area contributed by atoms with E-state index in [1.165, 1.54) is 12.8 Å². The Labute approximate surface area is 128 Å². The minimum atomic E-state index is -0.402. The molecule has 2 heterocycles. The summed E-state index contributed by atoms with van der Waals surface area (Å²) in [7, 11) is 0. The van der Waals surface area contributed by atoms with E-state index in [9.17, 15) is 10.1 Å². The Morgan fingerprint density at radius 2 is 1.57 bits per heavy atom. The van der Waals surface area contributed by atoms with Crippen LogP contribution in [0.4, 0.5) is 0 Å². The predicted molar refractivity (Wildman–Crippen MR) is 82.8 cm³/mol. The molecule has 0 saturated carbocycles. The molecular formula is C16H28N4O. The van der Waals surface area contributed by atoms with Crippen molar-refractivity contribution in [2.45, 2.75) is 45.1 Å². The van der Waals surface area contributed by atoms with Crippen LogP contribution in [0.15, 0.2) is 0 Å². The van der Waals surface area contributed by atoms with E-state index in [-0.39, 0.29) is 5.91 Å². The summed E-state index contributed by atoms with van der Waals surface area (Å²) in [5.74, 6) is 0.282. The highest BCUT2D eigenvalue weighted by molar-refractivity contribution is 5.78. The number of rotatable bonds is 3. The maximum atomic E-state index is 12.4. The maximum absolute atomic E-state index is 12.4. The standard InChI is InChI=1S/C16H28N4O/c1-16(2,14-17)20-11-9-18(10-12-20)13-15(21)19-7-5-3-4-6-8-19/h3-13H2,1-2H3. The van der Waals surface area contributed by atoms with Crippen LogP contribution in [0.1, 0.15) is 39.5 Å².